The second-order valence-corrected chi connectivity index (χ2v) is 9.79. The van der Waals surface area contributed by atoms with Gasteiger partial charge in [-0.25, -0.2) is 0 Å². The standard InChI is InChI=1S/C18H26BrN3OS/c19-17-7-6-16(24-17)18(23)22-12-15(13-22)21-10-8-20(9-11-21)14-4-2-1-3-5-14/h6-7,14-15H,1-5,8-13H2. The smallest absolute Gasteiger partial charge is 0.264 e. The topological polar surface area (TPSA) is 26.8 Å². The van der Waals surface area contributed by atoms with Crippen LogP contribution in [0.1, 0.15) is 41.8 Å². The van der Waals surface area contributed by atoms with Crippen molar-refractivity contribution in [3.05, 3.63) is 20.8 Å². The molecule has 0 atom stereocenters. The first-order valence-electron chi connectivity index (χ1n) is 9.23. The summed E-state index contributed by atoms with van der Waals surface area (Å²) in [6, 6.07) is 5.30. The molecule has 0 unspecified atom stereocenters. The molecule has 3 heterocycles. The van der Waals surface area contributed by atoms with Crippen LogP contribution in [0.2, 0.25) is 0 Å². The molecule has 4 rings (SSSR count). The Hall–Kier alpha value is -0.430. The van der Waals surface area contributed by atoms with Crippen molar-refractivity contribution < 1.29 is 4.79 Å². The number of likely N-dealkylation sites (tertiary alicyclic amines) is 1. The van der Waals surface area contributed by atoms with E-state index >= 15 is 0 Å². The van der Waals surface area contributed by atoms with Crippen LogP contribution >= 0.6 is 27.3 Å². The van der Waals surface area contributed by atoms with Gasteiger partial charge in [-0.3, -0.25) is 14.6 Å². The Bertz CT molecular complexity index is 573. The van der Waals surface area contributed by atoms with E-state index in [1.807, 2.05) is 17.0 Å². The quantitative estimate of drug-likeness (QED) is 0.763. The molecule has 24 heavy (non-hydrogen) atoms. The van der Waals surface area contributed by atoms with Crippen LogP contribution in [0.25, 0.3) is 0 Å². The molecule has 0 spiro atoms. The highest BCUT2D eigenvalue weighted by Crippen LogP contribution is 2.27. The fourth-order valence-corrected chi connectivity index (χ4v) is 5.71. The van der Waals surface area contributed by atoms with Crippen LogP contribution in [0.5, 0.6) is 0 Å². The summed E-state index contributed by atoms with van der Waals surface area (Å²) < 4.78 is 1.03. The second-order valence-electron chi connectivity index (χ2n) is 7.33. The Morgan fingerprint density at radius 2 is 1.58 bits per heavy atom. The monoisotopic (exact) mass is 411 g/mol. The van der Waals surface area contributed by atoms with E-state index in [1.165, 1.54) is 69.6 Å². The van der Waals surface area contributed by atoms with Crippen LogP contribution < -0.4 is 0 Å². The van der Waals surface area contributed by atoms with Crippen molar-refractivity contribution in [1.29, 1.82) is 0 Å². The molecule has 1 amide bonds. The molecule has 6 heteroatoms. The number of hydrogen-bond acceptors (Lipinski definition) is 4. The van der Waals surface area contributed by atoms with Crippen molar-refractivity contribution in [2.24, 2.45) is 0 Å². The minimum Gasteiger partial charge on any atom is -0.335 e. The Kier molecular flexibility index (Phi) is 5.27. The average Bonchev–Trinajstić information content (AvgIpc) is 3.01. The highest BCUT2D eigenvalue weighted by atomic mass is 79.9. The second kappa shape index (κ2) is 7.44. The number of hydrogen-bond donors (Lipinski definition) is 0. The van der Waals surface area contributed by atoms with Crippen LogP contribution in [0.3, 0.4) is 0 Å². The number of halogens is 1. The zero-order valence-corrected chi connectivity index (χ0v) is 16.5. The van der Waals surface area contributed by atoms with E-state index in [0.29, 0.717) is 6.04 Å². The highest BCUT2D eigenvalue weighted by molar-refractivity contribution is 9.11. The van der Waals surface area contributed by atoms with Crippen LogP contribution in [0.4, 0.5) is 0 Å². The third-order valence-electron chi connectivity index (χ3n) is 5.89. The van der Waals surface area contributed by atoms with Crippen molar-refractivity contribution in [3.63, 3.8) is 0 Å². The predicted molar refractivity (Wildman–Crippen MR) is 102 cm³/mol. The third-order valence-corrected chi connectivity index (χ3v) is 7.50. The lowest BCUT2D eigenvalue weighted by Gasteiger charge is -2.49. The Morgan fingerprint density at radius 1 is 0.958 bits per heavy atom. The predicted octanol–water partition coefficient (Wildman–Crippen LogP) is 3.29. The van der Waals surface area contributed by atoms with Crippen LogP contribution in [0, 0.1) is 0 Å². The molecule has 0 aromatic carbocycles. The molecule has 2 saturated heterocycles. The Balaban J connectivity index is 1.23. The molecule has 3 aliphatic rings. The minimum absolute atomic E-state index is 0.197. The van der Waals surface area contributed by atoms with Gasteiger partial charge in [0.2, 0.25) is 0 Å². The van der Waals surface area contributed by atoms with E-state index in [2.05, 4.69) is 25.7 Å². The van der Waals surface area contributed by atoms with Gasteiger partial charge in [-0.2, -0.15) is 0 Å². The van der Waals surface area contributed by atoms with Crippen molar-refractivity contribution in [2.45, 2.75) is 44.2 Å². The molecule has 1 saturated carbocycles. The van der Waals surface area contributed by atoms with Crippen molar-refractivity contribution >= 4 is 33.2 Å². The fraction of sp³-hybridized carbons (Fsp3) is 0.722. The Labute approximate surface area is 156 Å². The van der Waals surface area contributed by atoms with E-state index in [4.69, 9.17) is 0 Å². The largest absolute Gasteiger partial charge is 0.335 e. The fourth-order valence-electron chi connectivity index (χ4n) is 4.35. The first-order valence-corrected chi connectivity index (χ1v) is 10.8. The van der Waals surface area contributed by atoms with Gasteiger partial charge in [0.1, 0.15) is 0 Å². The van der Waals surface area contributed by atoms with Gasteiger partial charge in [0.25, 0.3) is 5.91 Å². The van der Waals surface area contributed by atoms with Gasteiger partial charge < -0.3 is 4.90 Å². The molecule has 2 aliphatic heterocycles. The summed E-state index contributed by atoms with van der Waals surface area (Å²) in [7, 11) is 0. The highest BCUT2D eigenvalue weighted by Gasteiger charge is 2.37. The Morgan fingerprint density at radius 3 is 2.17 bits per heavy atom. The molecule has 0 bridgehead atoms. The number of amides is 1. The molecule has 132 valence electrons. The van der Waals surface area contributed by atoms with Crippen LogP contribution in [0.15, 0.2) is 15.9 Å². The zero-order valence-electron chi connectivity index (χ0n) is 14.1. The van der Waals surface area contributed by atoms with Gasteiger partial charge in [0.15, 0.2) is 0 Å². The van der Waals surface area contributed by atoms with Crippen molar-refractivity contribution in [3.8, 4) is 0 Å². The summed E-state index contributed by atoms with van der Waals surface area (Å²) >= 11 is 4.97. The van der Waals surface area contributed by atoms with E-state index in [9.17, 15) is 4.79 Å². The number of thiophene rings is 1. The summed E-state index contributed by atoms with van der Waals surface area (Å²) in [6.07, 6.45) is 7.08. The van der Waals surface area contributed by atoms with Crippen molar-refractivity contribution in [2.75, 3.05) is 39.3 Å². The van der Waals surface area contributed by atoms with Crippen LogP contribution in [-0.4, -0.2) is 72.0 Å². The van der Waals surface area contributed by atoms with Gasteiger partial charge in [0, 0.05) is 51.4 Å². The van der Waals surface area contributed by atoms with E-state index in [-0.39, 0.29) is 5.91 Å². The maximum absolute atomic E-state index is 12.4. The molecule has 1 aliphatic carbocycles. The normalized spacial score (nSPS) is 25.0. The molecular weight excluding hydrogens is 386 g/mol. The van der Waals surface area contributed by atoms with Gasteiger partial charge >= 0.3 is 0 Å². The van der Waals surface area contributed by atoms with E-state index in [0.717, 1.165) is 27.8 Å². The maximum Gasteiger partial charge on any atom is 0.264 e. The molecule has 1 aromatic rings. The average molecular weight is 412 g/mol. The first-order chi connectivity index (χ1) is 11.7. The van der Waals surface area contributed by atoms with Gasteiger partial charge in [-0.05, 0) is 40.9 Å². The van der Waals surface area contributed by atoms with Crippen molar-refractivity contribution in [1.82, 2.24) is 14.7 Å². The number of rotatable bonds is 3. The number of carbonyl (C=O) groups is 1. The van der Waals surface area contributed by atoms with E-state index in [1.54, 1.807) is 0 Å². The first kappa shape index (κ1) is 17.0. The molecule has 4 nitrogen and oxygen atoms in total. The van der Waals surface area contributed by atoms with Gasteiger partial charge in [0.05, 0.1) is 8.66 Å². The lowest BCUT2D eigenvalue weighted by molar-refractivity contribution is -0.00242. The number of carbonyl (C=O) groups excluding carboxylic acids is 1. The molecule has 0 N–H and O–H groups in total. The zero-order chi connectivity index (χ0) is 16.5. The lowest BCUT2D eigenvalue weighted by atomic mass is 9.93. The molecular formula is C18H26BrN3OS. The lowest BCUT2D eigenvalue weighted by Crippen LogP contribution is -2.64. The maximum atomic E-state index is 12.4. The van der Waals surface area contributed by atoms with Gasteiger partial charge in [-0.1, -0.05) is 19.3 Å². The minimum atomic E-state index is 0.197. The summed E-state index contributed by atoms with van der Waals surface area (Å²) in [5.41, 5.74) is 0. The molecule has 0 radical (unpaired) electrons. The number of nitrogens with zero attached hydrogens (tertiary/aromatic N) is 3. The summed E-state index contributed by atoms with van der Waals surface area (Å²) in [4.78, 5) is 20.6. The SMILES string of the molecule is O=C(c1ccc(Br)s1)N1CC(N2CCN(C3CCCCC3)CC2)C1. The van der Waals surface area contributed by atoms with Gasteiger partial charge in [-0.15, -0.1) is 11.3 Å². The summed E-state index contributed by atoms with van der Waals surface area (Å²) in [6.45, 7) is 6.58. The number of piperazine rings is 1. The summed E-state index contributed by atoms with van der Waals surface area (Å²) in [5, 5.41) is 0. The third kappa shape index (κ3) is 3.57. The van der Waals surface area contributed by atoms with Crippen LogP contribution in [-0.2, 0) is 0 Å². The van der Waals surface area contributed by atoms with E-state index < -0.39 is 0 Å². The molecule has 1 aromatic heterocycles. The summed E-state index contributed by atoms with van der Waals surface area (Å²) in [5.74, 6) is 0.197. The molecule has 3 fully saturated rings.